The molecule has 0 aliphatic rings. The van der Waals surface area contributed by atoms with Gasteiger partial charge in [-0.1, -0.05) is 0 Å². The van der Waals surface area contributed by atoms with E-state index in [-0.39, 0.29) is 18.4 Å². The zero-order chi connectivity index (χ0) is 5.86. The van der Waals surface area contributed by atoms with Gasteiger partial charge in [0.25, 0.3) is 0 Å². The molecule has 0 aromatic carbocycles. The molecule has 8 heavy (non-hydrogen) atoms. The summed E-state index contributed by atoms with van der Waals surface area (Å²) < 4.78 is 0. The highest BCUT2D eigenvalue weighted by Gasteiger charge is 1.88. The Labute approximate surface area is 54.4 Å². The Kier molecular flexibility index (Phi) is 6.13. The molecule has 0 atom stereocenters. The molecular formula is C3H10ClN3O. The normalized spacial score (nSPS) is 10.1. The lowest BCUT2D eigenvalue weighted by Gasteiger charge is -2.05. The third-order valence-corrected chi connectivity index (χ3v) is 0.561. The van der Waals surface area contributed by atoms with Crippen molar-refractivity contribution in [2.24, 2.45) is 10.7 Å². The number of aliphatic imine (C=N–C) groups is 1. The fourth-order valence-electron chi connectivity index (χ4n) is 0.145. The lowest BCUT2D eigenvalue weighted by Crippen LogP contribution is -2.30. The van der Waals surface area contributed by atoms with Gasteiger partial charge >= 0.3 is 0 Å². The molecule has 0 fully saturated rings. The van der Waals surface area contributed by atoms with Crippen LogP contribution in [0.5, 0.6) is 0 Å². The molecule has 3 N–H and O–H groups in total. The van der Waals surface area contributed by atoms with E-state index in [1.807, 2.05) is 0 Å². The molecule has 0 heterocycles. The monoisotopic (exact) mass is 139 g/mol. The van der Waals surface area contributed by atoms with Crippen LogP contribution in [0.4, 0.5) is 0 Å². The number of nitrogens with two attached hydrogens (primary N) is 1. The number of guanidine groups is 1. The maximum atomic E-state index is 8.40. The highest BCUT2D eigenvalue weighted by molar-refractivity contribution is 5.85. The summed E-state index contributed by atoms with van der Waals surface area (Å²) in [5, 5.41) is 9.15. The average Bonchev–Trinajstić information content (AvgIpc) is 1.65. The van der Waals surface area contributed by atoms with Crippen LogP contribution in [0.3, 0.4) is 0 Å². The van der Waals surface area contributed by atoms with Crippen molar-refractivity contribution in [2.45, 2.75) is 0 Å². The zero-order valence-electron chi connectivity index (χ0n) is 4.83. The summed E-state index contributed by atoms with van der Waals surface area (Å²) in [5.41, 5.74) is 5.04. The SMILES string of the molecule is CN=C(N)N(C)O.Cl. The van der Waals surface area contributed by atoms with E-state index in [4.69, 9.17) is 10.9 Å². The van der Waals surface area contributed by atoms with Gasteiger partial charge in [0.15, 0.2) is 0 Å². The zero-order valence-corrected chi connectivity index (χ0v) is 5.64. The van der Waals surface area contributed by atoms with Gasteiger partial charge in [-0.2, -0.15) is 0 Å². The Morgan fingerprint density at radius 1 is 1.75 bits per heavy atom. The minimum Gasteiger partial charge on any atom is -0.368 e. The average molecular weight is 140 g/mol. The standard InChI is InChI=1S/C3H9N3O.ClH/c1-5-3(4)6(2)7;/h7H,1-2H3,(H2,4,5);1H. The molecule has 0 saturated carbocycles. The summed E-state index contributed by atoms with van der Waals surface area (Å²) in [4.78, 5) is 3.46. The van der Waals surface area contributed by atoms with Crippen LogP contribution in [0, 0.1) is 0 Å². The van der Waals surface area contributed by atoms with E-state index in [0.717, 1.165) is 5.06 Å². The molecule has 0 spiro atoms. The molecule has 0 rings (SSSR count). The molecular weight excluding hydrogens is 130 g/mol. The van der Waals surface area contributed by atoms with Crippen molar-refractivity contribution in [3.63, 3.8) is 0 Å². The van der Waals surface area contributed by atoms with Crippen LogP contribution in [0.25, 0.3) is 0 Å². The molecule has 0 saturated heterocycles. The first kappa shape index (κ1) is 10.5. The Morgan fingerprint density at radius 3 is 2.12 bits per heavy atom. The molecule has 0 aromatic heterocycles. The molecule has 0 aromatic rings. The van der Waals surface area contributed by atoms with Crippen molar-refractivity contribution >= 4 is 18.4 Å². The van der Waals surface area contributed by atoms with Crippen molar-refractivity contribution in [1.82, 2.24) is 5.06 Å². The van der Waals surface area contributed by atoms with Crippen LogP contribution in [0.15, 0.2) is 4.99 Å². The summed E-state index contributed by atoms with van der Waals surface area (Å²) in [5.74, 6) is 0.111. The second-order valence-electron chi connectivity index (χ2n) is 1.11. The van der Waals surface area contributed by atoms with Crippen molar-refractivity contribution in [3.05, 3.63) is 0 Å². The lowest BCUT2D eigenvalue weighted by molar-refractivity contribution is 0.0119. The quantitative estimate of drug-likeness (QED) is 0.275. The van der Waals surface area contributed by atoms with Crippen molar-refractivity contribution in [3.8, 4) is 0 Å². The van der Waals surface area contributed by atoms with Crippen molar-refractivity contribution in [2.75, 3.05) is 14.1 Å². The van der Waals surface area contributed by atoms with Gasteiger partial charge in [0, 0.05) is 14.1 Å². The molecule has 0 radical (unpaired) electrons. The second-order valence-corrected chi connectivity index (χ2v) is 1.11. The van der Waals surface area contributed by atoms with E-state index < -0.39 is 0 Å². The summed E-state index contributed by atoms with van der Waals surface area (Å²) >= 11 is 0. The summed E-state index contributed by atoms with van der Waals surface area (Å²) in [7, 11) is 2.91. The van der Waals surface area contributed by atoms with Gasteiger partial charge in [-0.3, -0.25) is 10.2 Å². The smallest absolute Gasteiger partial charge is 0.214 e. The van der Waals surface area contributed by atoms with Gasteiger partial charge < -0.3 is 5.73 Å². The fourth-order valence-corrected chi connectivity index (χ4v) is 0.145. The molecule has 5 heteroatoms. The van der Waals surface area contributed by atoms with Crippen LogP contribution in [-0.4, -0.2) is 30.3 Å². The van der Waals surface area contributed by atoms with Crippen molar-refractivity contribution < 1.29 is 5.21 Å². The van der Waals surface area contributed by atoms with Gasteiger partial charge in [-0.25, -0.2) is 5.06 Å². The Morgan fingerprint density at radius 2 is 2.12 bits per heavy atom. The third kappa shape index (κ3) is 3.70. The molecule has 0 unspecified atom stereocenters. The van der Waals surface area contributed by atoms with E-state index in [0.29, 0.717) is 0 Å². The topological polar surface area (TPSA) is 61.8 Å². The highest BCUT2D eigenvalue weighted by atomic mass is 35.5. The van der Waals surface area contributed by atoms with Gasteiger partial charge in [0.05, 0.1) is 0 Å². The van der Waals surface area contributed by atoms with Crippen LogP contribution in [0.1, 0.15) is 0 Å². The van der Waals surface area contributed by atoms with Crippen LogP contribution in [-0.2, 0) is 0 Å². The second kappa shape index (κ2) is 4.67. The predicted molar refractivity (Wildman–Crippen MR) is 34.3 cm³/mol. The van der Waals surface area contributed by atoms with E-state index >= 15 is 0 Å². The molecule has 50 valence electrons. The maximum absolute atomic E-state index is 8.40. The number of hydroxylamine groups is 2. The Bertz CT molecular complexity index is 82.6. The lowest BCUT2D eigenvalue weighted by atomic mass is 10.9. The van der Waals surface area contributed by atoms with Crippen LogP contribution < -0.4 is 5.73 Å². The summed E-state index contributed by atoms with van der Waals surface area (Å²) in [6.45, 7) is 0. The van der Waals surface area contributed by atoms with Gasteiger partial charge in [-0.05, 0) is 0 Å². The summed E-state index contributed by atoms with van der Waals surface area (Å²) in [6, 6.07) is 0. The molecule has 0 aliphatic heterocycles. The summed E-state index contributed by atoms with van der Waals surface area (Å²) in [6.07, 6.45) is 0. The maximum Gasteiger partial charge on any atom is 0.214 e. The first-order valence-electron chi connectivity index (χ1n) is 1.83. The van der Waals surface area contributed by atoms with Gasteiger partial charge in [-0.15, -0.1) is 12.4 Å². The van der Waals surface area contributed by atoms with E-state index in [2.05, 4.69) is 4.99 Å². The van der Waals surface area contributed by atoms with Crippen LogP contribution >= 0.6 is 12.4 Å². The van der Waals surface area contributed by atoms with Crippen molar-refractivity contribution in [1.29, 1.82) is 0 Å². The third-order valence-electron chi connectivity index (χ3n) is 0.561. The molecule has 0 aliphatic carbocycles. The van der Waals surface area contributed by atoms with E-state index in [1.165, 1.54) is 14.1 Å². The number of hydrogen-bond acceptors (Lipinski definition) is 2. The van der Waals surface area contributed by atoms with Gasteiger partial charge in [0.2, 0.25) is 5.96 Å². The Balaban J connectivity index is 0. The number of halogens is 1. The largest absolute Gasteiger partial charge is 0.368 e. The van der Waals surface area contributed by atoms with E-state index in [9.17, 15) is 0 Å². The molecule has 4 nitrogen and oxygen atoms in total. The Hall–Kier alpha value is -0.480. The fraction of sp³-hybridized carbons (Fsp3) is 0.667. The number of hydrogen-bond donors (Lipinski definition) is 2. The highest BCUT2D eigenvalue weighted by Crippen LogP contribution is 1.68. The van der Waals surface area contributed by atoms with Gasteiger partial charge in [0.1, 0.15) is 0 Å². The minimum absolute atomic E-state index is 0. The predicted octanol–water partition coefficient (Wildman–Crippen LogP) is -0.326. The minimum atomic E-state index is 0. The first-order valence-corrected chi connectivity index (χ1v) is 1.83. The number of rotatable bonds is 0. The molecule has 0 bridgehead atoms. The molecule has 0 amide bonds. The first-order chi connectivity index (χ1) is 3.18. The number of nitrogens with zero attached hydrogens (tertiary/aromatic N) is 2. The van der Waals surface area contributed by atoms with E-state index in [1.54, 1.807) is 0 Å². The van der Waals surface area contributed by atoms with Crippen LogP contribution in [0.2, 0.25) is 0 Å².